The fraction of sp³-hybridized carbons (Fsp3) is 0.350. The molecular formula is C20H23FNO2+. The fourth-order valence-electron chi connectivity index (χ4n) is 3.55. The first-order valence-corrected chi connectivity index (χ1v) is 8.25. The van der Waals surface area contributed by atoms with Crippen molar-refractivity contribution in [3.05, 3.63) is 53.3 Å². The van der Waals surface area contributed by atoms with Crippen molar-refractivity contribution in [3.8, 4) is 11.5 Å². The number of halogens is 1. The van der Waals surface area contributed by atoms with Gasteiger partial charge < -0.3 is 9.47 Å². The van der Waals surface area contributed by atoms with Crippen LogP contribution in [0.1, 0.15) is 31.4 Å². The van der Waals surface area contributed by atoms with Crippen LogP contribution in [0.4, 0.5) is 10.1 Å². The standard InChI is InChI=1S/C20H23FNO2/c1-5-17-15-12-20(24-4)19(23-3)11-14(15)10-13(2)22(17)18-9-7-6-8-16(18)21/h6-9,11-13H,5,10H2,1-4H3/q+1. The molecule has 3 nitrogen and oxygen atoms in total. The zero-order chi connectivity index (χ0) is 17.3. The molecule has 0 amide bonds. The molecule has 1 heterocycles. The summed E-state index contributed by atoms with van der Waals surface area (Å²) in [6.07, 6.45) is 1.63. The SMILES string of the molecule is CCC1=[N+](c2ccccc2F)C(C)Cc2cc(OC)c(OC)cc21. The summed E-state index contributed by atoms with van der Waals surface area (Å²) in [5.74, 6) is 1.24. The van der Waals surface area contributed by atoms with Gasteiger partial charge in [-0.05, 0) is 30.7 Å². The van der Waals surface area contributed by atoms with Crippen LogP contribution in [0, 0.1) is 5.82 Å². The Labute approximate surface area is 142 Å². The van der Waals surface area contributed by atoms with E-state index < -0.39 is 0 Å². The molecule has 0 spiro atoms. The molecule has 1 unspecified atom stereocenters. The van der Waals surface area contributed by atoms with Crippen LogP contribution < -0.4 is 9.47 Å². The van der Waals surface area contributed by atoms with Gasteiger partial charge in [-0.3, -0.25) is 0 Å². The Morgan fingerprint density at radius 2 is 1.79 bits per heavy atom. The Kier molecular flexibility index (Phi) is 4.56. The van der Waals surface area contributed by atoms with Crippen molar-refractivity contribution >= 4 is 11.4 Å². The molecule has 1 aliphatic heterocycles. The molecule has 3 rings (SSSR count). The van der Waals surface area contributed by atoms with E-state index >= 15 is 0 Å². The number of hydrogen-bond donors (Lipinski definition) is 0. The first-order valence-electron chi connectivity index (χ1n) is 8.25. The normalized spacial score (nSPS) is 16.8. The van der Waals surface area contributed by atoms with Crippen molar-refractivity contribution in [2.24, 2.45) is 0 Å². The van der Waals surface area contributed by atoms with E-state index in [0.717, 1.165) is 29.9 Å². The number of para-hydroxylation sites is 1. The van der Waals surface area contributed by atoms with Gasteiger partial charge in [0, 0.05) is 24.5 Å². The van der Waals surface area contributed by atoms with Gasteiger partial charge in [0.05, 0.1) is 14.2 Å². The molecular weight excluding hydrogens is 305 g/mol. The minimum Gasteiger partial charge on any atom is -0.493 e. The summed E-state index contributed by atoms with van der Waals surface area (Å²) < 4.78 is 27.4. The van der Waals surface area contributed by atoms with Crippen molar-refractivity contribution in [2.75, 3.05) is 14.2 Å². The summed E-state index contributed by atoms with van der Waals surface area (Å²) in [7, 11) is 3.28. The second-order valence-electron chi connectivity index (χ2n) is 6.04. The summed E-state index contributed by atoms with van der Waals surface area (Å²) in [4.78, 5) is 0. The smallest absolute Gasteiger partial charge is 0.241 e. The van der Waals surface area contributed by atoms with Gasteiger partial charge in [0.1, 0.15) is 0 Å². The number of benzene rings is 2. The lowest BCUT2D eigenvalue weighted by Crippen LogP contribution is -2.34. The van der Waals surface area contributed by atoms with Crippen LogP contribution in [0.2, 0.25) is 0 Å². The highest BCUT2D eigenvalue weighted by Crippen LogP contribution is 2.35. The zero-order valence-corrected chi connectivity index (χ0v) is 14.6. The molecule has 0 fully saturated rings. The predicted octanol–water partition coefficient (Wildman–Crippen LogP) is 4.33. The van der Waals surface area contributed by atoms with Gasteiger partial charge in [-0.25, -0.2) is 0 Å². The Balaban J connectivity index is 2.26. The van der Waals surface area contributed by atoms with Crippen molar-refractivity contribution in [3.63, 3.8) is 0 Å². The topological polar surface area (TPSA) is 21.5 Å². The van der Waals surface area contributed by atoms with Crippen molar-refractivity contribution in [2.45, 2.75) is 32.7 Å². The summed E-state index contributed by atoms with van der Waals surface area (Å²) in [5.41, 5.74) is 4.05. The molecule has 0 saturated carbocycles. The first kappa shape index (κ1) is 16.5. The van der Waals surface area contributed by atoms with Crippen LogP contribution in [-0.2, 0) is 6.42 Å². The number of hydrogen-bond acceptors (Lipinski definition) is 2. The molecule has 0 radical (unpaired) electrons. The van der Waals surface area contributed by atoms with E-state index in [9.17, 15) is 4.39 Å². The predicted molar refractivity (Wildman–Crippen MR) is 93.4 cm³/mol. The first-order chi connectivity index (χ1) is 11.6. The Hall–Kier alpha value is -2.36. The third kappa shape index (κ3) is 2.66. The second kappa shape index (κ2) is 6.63. The minimum absolute atomic E-state index is 0.169. The molecule has 2 aromatic rings. The van der Waals surface area contributed by atoms with Crippen LogP contribution in [0.25, 0.3) is 0 Å². The Bertz CT molecular complexity index is 798. The fourth-order valence-corrected chi connectivity index (χ4v) is 3.55. The monoisotopic (exact) mass is 328 g/mol. The van der Waals surface area contributed by atoms with E-state index in [1.165, 1.54) is 11.6 Å². The van der Waals surface area contributed by atoms with E-state index in [2.05, 4.69) is 18.4 Å². The molecule has 0 aromatic heterocycles. The van der Waals surface area contributed by atoms with Crippen LogP contribution >= 0.6 is 0 Å². The number of ether oxygens (including phenoxy) is 2. The van der Waals surface area contributed by atoms with Gasteiger partial charge in [0.15, 0.2) is 29.1 Å². The molecule has 1 atom stereocenters. The van der Waals surface area contributed by atoms with Crippen LogP contribution in [0.15, 0.2) is 36.4 Å². The third-order valence-corrected chi connectivity index (χ3v) is 4.61. The van der Waals surface area contributed by atoms with Gasteiger partial charge in [0.25, 0.3) is 0 Å². The van der Waals surface area contributed by atoms with E-state index in [1.54, 1.807) is 20.3 Å². The van der Waals surface area contributed by atoms with Gasteiger partial charge in [-0.15, -0.1) is 0 Å². The summed E-state index contributed by atoms with van der Waals surface area (Å²) in [6, 6.07) is 11.2. The van der Waals surface area contributed by atoms with E-state index in [1.807, 2.05) is 24.3 Å². The summed E-state index contributed by atoms with van der Waals surface area (Å²) >= 11 is 0. The van der Waals surface area contributed by atoms with Crippen molar-refractivity contribution in [1.29, 1.82) is 0 Å². The molecule has 1 aliphatic rings. The van der Waals surface area contributed by atoms with Gasteiger partial charge in [-0.2, -0.15) is 8.97 Å². The molecule has 126 valence electrons. The zero-order valence-electron chi connectivity index (χ0n) is 14.6. The van der Waals surface area contributed by atoms with E-state index in [-0.39, 0.29) is 11.9 Å². The average Bonchev–Trinajstić information content (AvgIpc) is 2.60. The molecule has 2 aromatic carbocycles. The molecule has 4 heteroatoms. The molecule has 0 saturated heterocycles. The van der Waals surface area contributed by atoms with Crippen LogP contribution in [0.5, 0.6) is 11.5 Å². The third-order valence-electron chi connectivity index (χ3n) is 4.61. The summed E-state index contributed by atoms with van der Waals surface area (Å²) in [6.45, 7) is 4.23. The Morgan fingerprint density at radius 3 is 2.42 bits per heavy atom. The molecule has 0 bridgehead atoms. The molecule has 24 heavy (non-hydrogen) atoms. The van der Waals surface area contributed by atoms with Crippen molar-refractivity contribution in [1.82, 2.24) is 0 Å². The van der Waals surface area contributed by atoms with Crippen LogP contribution in [-0.4, -0.2) is 30.5 Å². The lowest BCUT2D eigenvalue weighted by atomic mass is 9.90. The van der Waals surface area contributed by atoms with Gasteiger partial charge >= 0.3 is 0 Å². The number of rotatable bonds is 4. The highest BCUT2D eigenvalue weighted by atomic mass is 19.1. The second-order valence-corrected chi connectivity index (χ2v) is 6.04. The number of nitrogens with zero attached hydrogens (tertiary/aromatic N) is 1. The largest absolute Gasteiger partial charge is 0.493 e. The van der Waals surface area contributed by atoms with Crippen LogP contribution in [0.3, 0.4) is 0 Å². The summed E-state index contributed by atoms with van der Waals surface area (Å²) in [5, 5.41) is 0. The minimum atomic E-state index is -0.195. The highest BCUT2D eigenvalue weighted by molar-refractivity contribution is 6.00. The maximum atomic E-state index is 14.4. The highest BCUT2D eigenvalue weighted by Gasteiger charge is 2.34. The number of fused-ring (bicyclic) bond motifs is 1. The lowest BCUT2D eigenvalue weighted by molar-refractivity contribution is -0.484. The van der Waals surface area contributed by atoms with E-state index in [4.69, 9.17) is 9.47 Å². The van der Waals surface area contributed by atoms with Gasteiger partial charge in [0.2, 0.25) is 5.69 Å². The maximum Gasteiger partial charge on any atom is 0.241 e. The molecule has 0 N–H and O–H groups in total. The Morgan fingerprint density at radius 1 is 1.12 bits per heavy atom. The number of methoxy groups -OCH3 is 2. The molecule has 0 aliphatic carbocycles. The lowest BCUT2D eigenvalue weighted by Gasteiger charge is -2.24. The van der Waals surface area contributed by atoms with E-state index in [0.29, 0.717) is 11.4 Å². The average molecular weight is 328 g/mol. The van der Waals surface area contributed by atoms with Crippen molar-refractivity contribution < 1.29 is 18.4 Å². The maximum absolute atomic E-state index is 14.4. The quantitative estimate of drug-likeness (QED) is 0.779. The van der Waals surface area contributed by atoms with Gasteiger partial charge in [-0.1, -0.05) is 19.1 Å².